The summed E-state index contributed by atoms with van der Waals surface area (Å²) in [7, 11) is 0. The Labute approximate surface area is 214 Å². The Hall–Kier alpha value is -4.10. The Morgan fingerprint density at radius 2 is 1.67 bits per heavy atom. The first-order valence-corrected chi connectivity index (χ1v) is 11.9. The van der Waals surface area contributed by atoms with E-state index in [0.29, 0.717) is 41.0 Å². The van der Waals surface area contributed by atoms with Crippen molar-refractivity contribution in [2.45, 2.75) is 26.9 Å². The van der Waals surface area contributed by atoms with E-state index in [-0.39, 0.29) is 5.57 Å². The summed E-state index contributed by atoms with van der Waals surface area (Å²) in [6.07, 6.45) is 2.16. The lowest BCUT2D eigenvalue weighted by molar-refractivity contribution is -0.122. The molecule has 3 aromatic carbocycles. The van der Waals surface area contributed by atoms with Crippen LogP contribution in [-0.2, 0) is 16.2 Å². The second-order valence-corrected chi connectivity index (χ2v) is 8.69. The van der Waals surface area contributed by atoms with Gasteiger partial charge in [0.15, 0.2) is 0 Å². The van der Waals surface area contributed by atoms with Crippen LogP contribution in [0.4, 0.5) is 10.5 Å². The highest BCUT2D eigenvalue weighted by Crippen LogP contribution is 2.29. The molecule has 3 aromatic rings. The van der Waals surface area contributed by atoms with E-state index in [1.807, 2.05) is 38.1 Å². The molecule has 1 N–H and O–H groups in total. The maximum absolute atomic E-state index is 13.3. The second kappa shape index (κ2) is 11.1. The van der Waals surface area contributed by atoms with Crippen LogP contribution in [0.1, 0.15) is 30.0 Å². The van der Waals surface area contributed by atoms with Crippen LogP contribution in [0.5, 0.6) is 11.5 Å². The third-order valence-electron chi connectivity index (χ3n) is 5.46. The van der Waals surface area contributed by atoms with Crippen LogP contribution < -0.4 is 19.7 Å². The number of carbonyl (C=O) groups excluding carboxylic acids is 3. The third kappa shape index (κ3) is 5.75. The molecule has 1 saturated heterocycles. The first kappa shape index (κ1) is 25.0. The lowest BCUT2D eigenvalue weighted by Gasteiger charge is -2.26. The number of ether oxygens (including phenoxy) is 2. The lowest BCUT2D eigenvalue weighted by Crippen LogP contribution is -2.54. The summed E-state index contributed by atoms with van der Waals surface area (Å²) in [4.78, 5) is 39.3. The number of carbonyl (C=O) groups is 3. The number of barbiturate groups is 1. The van der Waals surface area contributed by atoms with Crippen LogP contribution in [0, 0.1) is 6.92 Å². The molecular weight excluding hydrogens is 480 g/mol. The molecule has 0 saturated carbocycles. The third-order valence-corrected chi connectivity index (χ3v) is 5.69. The molecule has 8 heteroatoms. The van der Waals surface area contributed by atoms with Crippen molar-refractivity contribution in [3.63, 3.8) is 0 Å². The minimum absolute atomic E-state index is 0.210. The molecule has 0 aliphatic carbocycles. The van der Waals surface area contributed by atoms with Crippen LogP contribution in [0.15, 0.2) is 72.3 Å². The molecule has 1 fully saturated rings. The molecule has 1 aliphatic heterocycles. The average molecular weight is 505 g/mol. The number of hydrogen-bond donors (Lipinski definition) is 1. The monoisotopic (exact) mass is 504 g/mol. The van der Waals surface area contributed by atoms with Crippen molar-refractivity contribution in [3.05, 3.63) is 94.0 Å². The predicted molar refractivity (Wildman–Crippen MR) is 138 cm³/mol. The Bertz CT molecular complexity index is 1320. The van der Waals surface area contributed by atoms with E-state index in [4.69, 9.17) is 21.1 Å². The first-order chi connectivity index (χ1) is 17.4. The number of imide groups is 2. The van der Waals surface area contributed by atoms with Gasteiger partial charge in [-0.1, -0.05) is 48.4 Å². The van der Waals surface area contributed by atoms with Gasteiger partial charge in [-0.3, -0.25) is 14.9 Å². The molecule has 36 heavy (non-hydrogen) atoms. The van der Waals surface area contributed by atoms with Crippen molar-refractivity contribution in [2.24, 2.45) is 0 Å². The van der Waals surface area contributed by atoms with Gasteiger partial charge in [-0.2, -0.15) is 0 Å². The SMILES string of the molecule is CCCOc1ccc(Cl)cc1/C=C1\C(=O)NC(=O)N(c2ccc(OCc3ccc(C)cc3)cc2)C1=O. The van der Waals surface area contributed by atoms with Crippen molar-refractivity contribution < 1.29 is 23.9 Å². The summed E-state index contributed by atoms with van der Waals surface area (Å²) in [6.45, 7) is 4.82. The van der Waals surface area contributed by atoms with E-state index in [1.165, 1.54) is 11.6 Å². The van der Waals surface area contributed by atoms with E-state index in [2.05, 4.69) is 5.32 Å². The number of rotatable bonds is 8. The standard InChI is InChI=1S/C28H25ClN2O5/c1-3-14-35-25-13-8-21(29)15-20(25)16-24-26(32)30-28(34)31(27(24)33)22-9-11-23(12-10-22)36-17-19-6-4-18(2)5-7-19/h4-13,15-16H,3,14,17H2,1-2H3,(H,30,32,34)/b24-16+. The van der Waals surface area contributed by atoms with Gasteiger partial charge in [0, 0.05) is 10.6 Å². The van der Waals surface area contributed by atoms with Gasteiger partial charge in [0.1, 0.15) is 23.7 Å². The summed E-state index contributed by atoms with van der Waals surface area (Å²) in [6, 6.07) is 18.6. The fourth-order valence-electron chi connectivity index (χ4n) is 3.57. The molecule has 4 amide bonds. The van der Waals surface area contributed by atoms with Gasteiger partial charge in [0.25, 0.3) is 11.8 Å². The summed E-state index contributed by atoms with van der Waals surface area (Å²) in [5.41, 5.74) is 2.74. The van der Waals surface area contributed by atoms with Gasteiger partial charge in [-0.05, 0) is 67.4 Å². The highest BCUT2D eigenvalue weighted by atomic mass is 35.5. The number of amides is 4. The van der Waals surface area contributed by atoms with E-state index in [1.54, 1.807) is 42.5 Å². The van der Waals surface area contributed by atoms with Crippen LogP contribution >= 0.6 is 11.6 Å². The normalized spacial score (nSPS) is 14.7. The van der Waals surface area contributed by atoms with Gasteiger partial charge in [-0.15, -0.1) is 0 Å². The number of anilines is 1. The molecule has 7 nitrogen and oxygen atoms in total. The van der Waals surface area contributed by atoms with Gasteiger partial charge in [0.2, 0.25) is 0 Å². The van der Waals surface area contributed by atoms with Crippen LogP contribution in [0.2, 0.25) is 5.02 Å². The molecule has 4 rings (SSSR count). The highest BCUT2D eigenvalue weighted by molar-refractivity contribution is 6.39. The van der Waals surface area contributed by atoms with Crippen molar-refractivity contribution in [2.75, 3.05) is 11.5 Å². The number of nitrogens with one attached hydrogen (secondary N) is 1. The molecule has 0 spiro atoms. The number of halogens is 1. The summed E-state index contributed by atoms with van der Waals surface area (Å²) in [5, 5.41) is 2.65. The van der Waals surface area contributed by atoms with E-state index >= 15 is 0 Å². The Balaban J connectivity index is 1.55. The van der Waals surface area contributed by atoms with Gasteiger partial charge >= 0.3 is 6.03 Å². The summed E-state index contributed by atoms with van der Waals surface area (Å²) >= 11 is 6.13. The molecule has 184 valence electrons. The Morgan fingerprint density at radius 1 is 0.944 bits per heavy atom. The average Bonchev–Trinajstić information content (AvgIpc) is 2.86. The maximum Gasteiger partial charge on any atom is 0.335 e. The largest absolute Gasteiger partial charge is 0.493 e. The first-order valence-electron chi connectivity index (χ1n) is 11.5. The number of aryl methyl sites for hydroxylation is 1. The van der Waals surface area contributed by atoms with Gasteiger partial charge < -0.3 is 9.47 Å². The molecule has 1 aliphatic rings. The topological polar surface area (TPSA) is 84.9 Å². The molecular formula is C28H25ClN2O5. The minimum atomic E-state index is -0.830. The van der Waals surface area contributed by atoms with Crippen LogP contribution in [-0.4, -0.2) is 24.5 Å². The van der Waals surface area contributed by atoms with E-state index in [0.717, 1.165) is 16.9 Å². The van der Waals surface area contributed by atoms with Crippen molar-refractivity contribution >= 4 is 41.2 Å². The van der Waals surface area contributed by atoms with Gasteiger partial charge in [-0.25, -0.2) is 9.69 Å². The highest BCUT2D eigenvalue weighted by Gasteiger charge is 2.37. The zero-order valence-electron chi connectivity index (χ0n) is 19.9. The molecule has 0 radical (unpaired) electrons. The molecule has 0 atom stereocenters. The van der Waals surface area contributed by atoms with E-state index in [9.17, 15) is 14.4 Å². The quantitative estimate of drug-likeness (QED) is 0.315. The Kier molecular flexibility index (Phi) is 7.71. The number of urea groups is 1. The fourth-order valence-corrected chi connectivity index (χ4v) is 3.75. The number of benzene rings is 3. The lowest BCUT2D eigenvalue weighted by atomic mass is 10.1. The molecule has 0 bridgehead atoms. The number of hydrogen-bond acceptors (Lipinski definition) is 5. The van der Waals surface area contributed by atoms with Crippen molar-refractivity contribution in [3.8, 4) is 11.5 Å². The van der Waals surface area contributed by atoms with Crippen LogP contribution in [0.25, 0.3) is 6.08 Å². The molecule has 0 aromatic heterocycles. The fraction of sp³-hybridized carbons (Fsp3) is 0.179. The molecule has 1 heterocycles. The zero-order valence-corrected chi connectivity index (χ0v) is 20.7. The zero-order chi connectivity index (χ0) is 25.7. The summed E-state index contributed by atoms with van der Waals surface area (Å²) < 4.78 is 11.5. The number of nitrogens with zero attached hydrogens (tertiary/aromatic N) is 1. The Morgan fingerprint density at radius 3 is 2.36 bits per heavy atom. The smallest absolute Gasteiger partial charge is 0.335 e. The maximum atomic E-state index is 13.3. The minimum Gasteiger partial charge on any atom is -0.493 e. The summed E-state index contributed by atoms with van der Waals surface area (Å²) in [5.74, 6) is -0.486. The van der Waals surface area contributed by atoms with Crippen molar-refractivity contribution in [1.29, 1.82) is 0 Å². The predicted octanol–water partition coefficient (Wildman–Crippen LogP) is 5.68. The van der Waals surface area contributed by atoms with Crippen LogP contribution in [0.3, 0.4) is 0 Å². The molecule has 0 unspecified atom stereocenters. The second-order valence-electron chi connectivity index (χ2n) is 8.26. The van der Waals surface area contributed by atoms with Crippen molar-refractivity contribution in [1.82, 2.24) is 5.32 Å². The van der Waals surface area contributed by atoms with Gasteiger partial charge in [0.05, 0.1) is 12.3 Å². The van der Waals surface area contributed by atoms with E-state index < -0.39 is 17.8 Å².